The van der Waals surface area contributed by atoms with Gasteiger partial charge in [-0.3, -0.25) is 19.9 Å². The molecule has 0 radical (unpaired) electrons. The van der Waals surface area contributed by atoms with Gasteiger partial charge in [-0.15, -0.1) is 0 Å². The number of fused-ring (bicyclic) bond motifs is 1. The number of amidine groups is 1. The molecule has 3 saturated carbocycles. The molecule has 4 aliphatic rings. The summed E-state index contributed by atoms with van der Waals surface area (Å²) in [6.07, 6.45) is 8.11. The van der Waals surface area contributed by atoms with E-state index in [1.807, 2.05) is 0 Å². The van der Waals surface area contributed by atoms with Crippen molar-refractivity contribution < 1.29 is 14.0 Å². The van der Waals surface area contributed by atoms with Crippen LogP contribution in [-0.2, 0) is 9.59 Å². The van der Waals surface area contributed by atoms with Crippen LogP contribution in [0.2, 0.25) is 0 Å². The van der Waals surface area contributed by atoms with Crippen LogP contribution in [0.4, 0.5) is 4.39 Å². The van der Waals surface area contributed by atoms with Crippen molar-refractivity contribution in [2.45, 2.75) is 99.8 Å². The van der Waals surface area contributed by atoms with Crippen molar-refractivity contribution in [1.29, 1.82) is 5.41 Å². The van der Waals surface area contributed by atoms with Crippen molar-refractivity contribution in [3.05, 3.63) is 0 Å². The number of halogens is 2. The molecule has 7 unspecified atom stereocenters. The first-order valence-corrected chi connectivity index (χ1v) is 13.6. The van der Waals surface area contributed by atoms with E-state index < -0.39 is 6.17 Å². The largest absolute Gasteiger partial charge is 0.387 e. The third-order valence-electron chi connectivity index (χ3n) is 8.81. The lowest BCUT2D eigenvalue weighted by molar-refractivity contribution is -0.127. The van der Waals surface area contributed by atoms with Gasteiger partial charge < -0.3 is 16.8 Å². The van der Waals surface area contributed by atoms with Gasteiger partial charge in [0.05, 0.1) is 11.9 Å². The van der Waals surface area contributed by atoms with E-state index in [1.54, 1.807) is 0 Å². The monoisotopic (exact) mass is 527 g/mol. The zero-order chi connectivity index (χ0) is 23.7. The van der Waals surface area contributed by atoms with Gasteiger partial charge in [0.15, 0.2) is 0 Å². The molecule has 0 bridgehead atoms. The maximum atomic E-state index is 13.9. The number of likely N-dealkylation sites (tertiary alicyclic amines) is 1. The summed E-state index contributed by atoms with van der Waals surface area (Å²) in [5, 5.41) is 11.2. The molecular weight excluding hydrogens is 489 g/mol. The molecule has 186 valence electrons. The van der Waals surface area contributed by atoms with Gasteiger partial charge in [0.1, 0.15) is 6.17 Å². The van der Waals surface area contributed by atoms with E-state index in [-0.39, 0.29) is 52.4 Å². The molecule has 1 saturated heterocycles. The van der Waals surface area contributed by atoms with Gasteiger partial charge in [-0.2, -0.15) is 0 Å². The first-order chi connectivity index (χ1) is 15.7. The van der Waals surface area contributed by atoms with E-state index in [1.165, 1.54) is 0 Å². The second-order valence-electron chi connectivity index (χ2n) is 10.9. The lowest BCUT2D eigenvalue weighted by Crippen LogP contribution is -2.52. The average molecular weight is 529 g/mol. The normalized spacial score (nSPS) is 41.8. The van der Waals surface area contributed by atoms with Crippen LogP contribution in [0.5, 0.6) is 0 Å². The van der Waals surface area contributed by atoms with Crippen LogP contribution >= 0.6 is 15.9 Å². The Balaban J connectivity index is 1.44. The topological polar surface area (TPSA) is 125 Å². The first kappa shape index (κ1) is 24.9. The molecule has 6 N–H and O–H groups in total. The van der Waals surface area contributed by atoms with E-state index in [0.29, 0.717) is 31.1 Å². The maximum Gasteiger partial charge on any atom is 0.237 e. The number of carbonyl (C=O) groups is 2. The molecule has 4 fully saturated rings. The molecule has 33 heavy (non-hydrogen) atoms. The second-order valence-corrected chi connectivity index (χ2v) is 12.1. The van der Waals surface area contributed by atoms with Crippen molar-refractivity contribution in [3.8, 4) is 0 Å². The minimum atomic E-state index is -0.844. The molecule has 0 aromatic rings. The highest BCUT2D eigenvalue weighted by molar-refractivity contribution is 9.09. The SMILES string of the molecule is N=C(N)C1CCC2CC(C(=O)NC3CCC(F)C(Br)C3)N(CC3CCC(C(N)=O)CC3)C2C1. The Kier molecular flexibility index (Phi) is 7.98. The molecule has 1 heterocycles. The Morgan fingerprint density at radius 2 is 1.67 bits per heavy atom. The number of nitrogens with one attached hydrogen (secondary N) is 2. The fourth-order valence-corrected chi connectivity index (χ4v) is 7.50. The van der Waals surface area contributed by atoms with E-state index in [4.69, 9.17) is 16.9 Å². The zero-order valence-electron chi connectivity index (χ0n) is 19.4. The molecule has 0 spiro atoms. The Hall–Kier alpha value is -1.22. The number of nitrogens with zero attached hydrogens (tertiary/aromatic N) is 1. The minimum absolute atomic E-state index is 0.00864. The van der Waals surface area contributed by atoms with Gasteiger partial charge >= 0.3 is 0 Å². The smallest absolute Gasteiger partial charge is 0.237 e. The van der Waals surface area contributed by atoms with Crippen LogP contribution in [0.1, 0.15) is 70.6 Å². The lowest BCUT2D eigenvalue weighted by atomic mass is 9.77. The van der Waals surface area contributed by atoms with Crippen LogP contribution in [0, 0.1) is 29.1 Å². The number of primary amides is 1. The Bertz CT molecular complexity index is 746. The molecule has 1 aliphatic heterocycles. The van der Waals surface area contributed by atoms with Crippen LogP contribution in [0.25, 0.3) is 0 Å². The van der Waals surface area contributed by atoms with Crippen molar-refractivity contribution >= 4 is 33.6 Å². The van der Waals surface area contributed by atoms with Gasteiger partial charge in [0.2, 0.25) is 11.8 Å². The predicted octanol–water partition coefficient (Wildman–Crippen LogP) is 2.84. The van der Waals surface area contributed by atoms with Gasteiger partial charge in [-0.1, -0.05) is 15.9 Å². The summed E-state index contributed by atoms with van der Waals surface area (Å²) in [4.78, 5) is 27.2. The maximum absolute atomic E-state index is 13.9. The van der Waals surface area contributed by atoms with Crippen molar-refractivity contribution in [2.75, 3.05) is 6.54 Å². The average Bonchev–Trinajstić information content (AvgIpc) is 3.14. The van der Waals surface area contributed by atoms with E-state index in [9.17, 15) is 14.0 Å². The van der Waals surface area contributed by atoms with E-state index in [0.717, 1.165) is 57.9 Å². The summed E-state index contributed by atoms with van der Waals surface area (Å²) >= 11 is 3.43. The molecule has 7 atom stereocenters. The Morgan fingerprint density at radius 1 is 0.970 bits per heavy atom. The van der Waals surface area contributed by atoms with Gasteiger partial charge in [-0.25, -0.2) is 4.39 Å². The van der Waals surface area contributed by atoms with Crippen LogP contribution in [0.3, 0.4) is 0 Å². The number of hydrogen-bond donors (Lipinski definition) is 4. The number of rotatable bonds is 6. The van der Waals surface area contributed by atoms with E-state index >= 15 is 0 Å². The summed E-state index contributed by atoms with van der Waals surface area (Å²) < 4.78 is 13.9. The standard InChI is InChI=1S/C24H39BrFN5O2/c25-18-11-17(7-8-19(18)26)30-24(33)21-9-15-5-6-16(22(27)28)10-20(15)31(21)12-13-1-3-14(4-2-13)23(29)32/h13-21H,1-12H2,(H3,27,28)(H2,29,32)(H,30,33). The molecule has 2 amide bonds. The molecule has 0 aromatic heterocycles. The Morgan fingerprint density at radius 3 is 2.30 bits per heavy atom. The van der Waals surface area contributed by atoms with Crippen molar-refractivity contribution in [1.82, 2.24) is 10.2 Å². The van der Waals surface area contributed by atoms with Crippen LogP contribution < -0.4 is 16.8 Å². The lowest BCUT2D eigenvalue weighted by Gasteiger charge is -2.40. The molecule has 4 rings (SSSR count). The van der Waals surface area contributed by atoms with E-state index in [2.05, 4.69) is 26.1 Å². The zero-order valence-corrected chi connectivity index (χ0v) is 20.9. The molecule has 7 nitrogen and oxygen atoms in total. The summed E-state index contributed by atoms with van der Waals surface area (Å²) in [6, 6.07) is 0.0912. The third-order valence-corrected chi connectivity index (χ3v) is 9.76. The molecule has 3 aliphatic carbocycles. The van der Waals surface area contributed by atoms with Gasteiger partial charge in [0.25, 0.3) is 0 Å². The van der Waals surface area contributed by atoms with Crippen molar-refractivity contribution in [3.63, 3.8) is 0 Å². The van der Waals surface area contributed by atoms with Gasteiger partial charge in [0, 0.05) is 35.3 Å². The fraction of sp³-hybridized carbons (Fsp3) is 0.875. The van der Waals surface area contributed by atoms with Crippen LogP contribution in [0.15, 0.2) is 0 Å². The summed E-state index contributed by atoms with van der Waals surface area (Å²) in [7, 11) is 0. The fourth-order valence-electron chi connectivity index (χ4n) is 6.78. The highest BCUT2D eigenvalue weighted by Crippen LogP contribution is 2.43. The molecule has 0 aromatic carbocycles. The van der Waals surface area contributed by atoms with Crippen molar-refractivity contribution in [2.24, 2.45) is 35.1 Å². The predicted molar refractivity (Wildman–Crippen MR) is 130 cm³/mol. The second kappa shape index (κ2) is 10.6. The van der Waals surface area contributed by atoms with Gasteiger partial charge in [-0.05, 0) is 82.5 Å². The molecule has 9 heteroatoms. The molecular formula is C24H39BrFN5O2. The quantitative estimate of drug-likeness (QED) is 0.240. The summed E-state index contributed by atoms with van der Waals surface area (Å²) in [6.45, 7) is 0.841. The number of amides is 2. The Labute approximate surface area is 204 Å². The number of carbonyl (C=O) groups excluding carboxylic acids is 2. The first-order valence-electron chi connectivity index (χ1n) is 12.7. The van der Waals surface area contributed by atoms with Crippen LogP contribution in [-0.4, -0.2) is 58.2 Å². The third kappa shape index (κ3) is 5.72. The summed E-state index contributed by atoms with van der Waals surface area (Å²) in [5.74, 6) is 1.09. The minimum Gasteiger partial charge on any atom is -0.387 e. The number of hydrogen-bond acceptors (Lipinski definition) is 4. The summed E-state index contributed by atoms with van der Waals surface area (Å²) in [5.41, 5.74) is 11.4. The highest BCUT2D eigenvalue weighted by Gasteiger charge is 2.48. The number of nitrogens with two attached hydrogens (primary N) is 2. The number of alkyl halides is 2. The highest BCUT2D eigenvalue weighted by atomic mass is 79.9.